The molecule has 2 aromatic carbocycles. The standard InChI is InChI=1S/C19H21N3O3S2/c23-27(24,18-8-4-7-17-19(18)20-14-26-17)21-13-16(15-5-2-1-3-6-15)22-9-11-25-12-10-22/h1-8,14,16,21H,9-13H2/t16-/m0/s1. The van der Waals surface area contributed by atoms with Crippen LogP contribution in [0.25, 0.3) is 10.2 Å². The number of thiazole rings is 1. The molecule has 3 aromatic rings. The molecule has 1 aliphatic heterocycles. The molecule has 1 atom stereocenters. The number of fused-ring (bicyclic) bond motifs is 1. The number of ether oxygens (including phenoxy) is 1. The molecule has 2 heterocycles. The molecule has 0 unspecified atom stereocenters. The minimum atomic E-state index is -3.66. The summed E-state index contributed by atoms with van der Waals surface area (Å²) >= 11 is 1.44. The molecule has 1 aromatic heterocycles. The maximum absolute atomic E-state index is 13.0. The van der Waals surface area contributed by atoms with Gasteiger partial charge in [-0.3, -0.25) is 4.90 Å². The first kappa shape index (κ1) is 18.5. The van der Waals surface area contributed by atoms with Gasteiger partial charge in [-0.2, -0.15) is 0 Å². The van der Waals surface area contributed by atoms with Crippen molar-refractivity contribution in [2.45, 2.75) is 10.9 Å². The SMILES string of the molecule is O=S(=O)(NC[C@@H](c1ccccc1)N1CCOCC1)c1cccc2scnc12. The van der Waals surface area contributed by atoms with Gasteiger partial charge in [-0.25, -0.2) is 18.1 Å². The number of para-hydroxylation sites is 1. The van der Waals surface area contributed by atoms with E-state index in [2.05, 4.69) is 14.6 Å². The quantitative estimate of drug-likeness (QED) is 0.685. The lowest BCUT2D eigenvalue weighted by molar-refractivity contribution is 0.0172. The Morgan fingerprint density at radius 2 is 1.89 bits per heavy atom. The van der Waals surface area contributed by atoms with E-state index in [1.54, 1.807) is 17.6 Å². The van der Waals surface area contributed by atoms with Gasteiger partial charge in [0.25, 0.3) is 0 Å². The molecule has 1 N–H and O–H groups in total. The molecule has 4 rings (SSSR count). The Balaban J connectivity index is 1.59. The predicted octanol–water partition coefficient (Wildman–Crippen LogP) is 2.65. The van der Waals surface area contributed by atoms with Gasteiger partial charge < -0.3 is 4.74 Å². The number of hydrogen-bond acceptors (Lipinski definition) is 6. The average Bonchev–Trinajstić information content (AvgIpc) is 3.18. The summed E-state index contributed by atoms with van der Waals surface area (Å²) in [6, 6.07) is 15.2. The molecule has 1 saturated heterocycles. The van der Waals surface area contributed by atoms with E-state index >= 15 is 0 Å². The zero-order valence-electron chi connectivity index (χ0n) is 14.7. The molecule has 6 nitrogen and oxygen atoms in total. The molecule has 0 saturated carbocycles. The van der Waals surface area contributed by atoms with Crippen molar-refractivity contribution in [2.24, 2.45) is 0 Å². The van der Waals surface area contributed by atoms with Gasteiger partial charge in [-0.15, -0.1) is 11.3 Å². The maximum Gasteiger partial charge on any atom is 0.242 e. The largest absolute Gasteiger partial charge is 0.379 e. The molecule has 0 spiro atoms. The zero-order valence-corrected chi connectivity index (χ0v) is 16.4. The van der Waals surface area contributed by atoms with Crippen LogP contribution in [-0.2, 0) is 14.8 Å². The summed E-state index contributed by atoms with van der Waals surface area (Å²) in [5.74, 6) is 0. The third-order valence-corrected chi connectivity index (χ3v) is 7.00. The highest BCUT2D eigenvalue weighted by Gasteiger charge is 2.26. The zero-order chi connectivity index (χ0) is 18.7. The first-order valence-electron chi connectivity index (χ1n) is 8.84. The van der Waals surface area contributed by atoms with Crippen LogP contribution < -0.4 is 4.72 Å². The molecule has 0 bridgehead atoms. The van der Waals surface area contributed by atoms with Crippen molar-refractivity contribution in [1.82, 2.24) is 14.6 Å². The van der Waals surface area contributed by atoms with Gasteiger partial charge in [0.2, 0.25) is 10.0 Å². The van der Waals surface area contributed by atoms with Crippen molar-refractivity contribution in [3.05, 3.63) is 59.6 Å². The summed E-state index contributed by atoms with van der Waals surface area (Å²) in [5.41, 5.74) is 3.29. The van der Waals surface area contributed by atoms with E-state index < -0.39 is 10.0 Å². The Kier molecular flexibility index (Phi) is 5.51. The molecular weight excluding hydrogens is 382 g/mol. The molecule has 0 amide bonds. The summed E-state index contributed by atoms with van der Waals surface area (Å²) < 4.78 is 35.1. The first-order valence-corrected chi connectivity index (χ1v) is 11.2. The van der Waals surface area contributed by atoms with E-state index in [0.717, 1.165) is 23.4 Å². The summed E-state index contributed by atoms with van der Waals surface area (Å²) in [6.07, 6.45) is 0. The molecule has 0 radical (unpaired) electrons. The Bertz CT molecular complexity index is 999. The van der Waals surface area contributed by atoms with E-state index in [4.69, 9.17) is 4.74 Å². The van der Waals surface area contributed by atoms with Crippen LogP contribution in [0, 0.1) is 0 Å². The minimum Gasteiger partial charge on any atom is -0.379 e. The van der Waals surface area contributed by atoms with Crippen molar-refractivity contribution >= 4 is 31.6 Å². The molecule has 27 heavy (non-hydrogen) atoms. The van der Waals surface area contributed by atoms with E-state index in [9.17, 15) is 8.42 Å². The van der Waals surface area contributed by atoms with Crippen molar-refractivity contribution in [3.63, 3.8) is 0 Å². The van der Waals surface area contributed by atoms with Crippen LogP contribution in [-0.4, -0.2) is 51.1 Å². The monoisotopic (exact) mass is 403 g/mol. The lowest BCUT2D eigenvalue weighted by Gasteiger charge is -2.34. The second-order valence-corrected chi connectivity index (χ2v) is 9.00. The number of aromatic nitrogens is 1. The Morgan fingerprint density at radius 1 is 1.11 bits per heavy atom. The fraction of sp³-hybridized carbons (Fsp3) is 0.316. The lowest BCUT2D eigenvalue weighted by Crippen LogP contribution is -2.43. The first-order chi connectivity index (χ1) is 13.1. The van der Waals surface area contributed by atoms with Gasteiger partial charge in [-0.05, 0) is 17.7 Å². The number of morpholine rings is 1. The van der Waals surface area contributed by atoms with Crippen molar-refractivity contribution < 1.29 is 13.2 Å². The highest BCUT2D eigenvalue weighted by atomic mass is 32.2. The highest BCUT2D eigenvalue weighted by Crippen LogP contribution is 2.26. The van der Waals surface area contributed by atoms with Crippen molar-refractivity contribution in [2.75, 3.05) is 32.8 Å². The summed E-state index contributed by atoms with van der Waals surface area (Å²) in [7, 11) is -3.66. The molecule has 8 heteroatoms. The summed E-state index contributed by atoms with van der Waals surface area (Å²) in [4.78, 5) is 6.73. The fourth-order valence-electron chi connectivity index (χ4n) is 3.37. The highest BCUT2D eigenvalue weighted by molar-refractivity contribution is 7.89. The average molecular weight is 404 g/mol. The van der Waals surface area contributed by atoms with E-state index in [0.29, 0.717) is 25.3 Å². The topological polar surface area (TPSA) is 71.5 Å². The predicted molar refractivity (Wildman–Crippen MR) is 106 cm³/mol. The van der Waals surface area contributed by atoms with Gasteiger partial charge in [0.1, 0.15) is 10.4 Å². The maximum atomic E-state index is 13.0. The molecule has 0 aliphatic carbocycles. The number of nitrogens with one attached hydrogen (secondary N) is 1. The number of nitrogens with zero attached hydrogens (tertiary/aromatic N) is 2. The van der Waals surface area contributed by atoms with Crippen LogP contribution in [0.2, 0.25) is 0 Å². The molecule has 142 valence electrons. The van der Waals surface area contributed by atoms with Crippen molar-refractivity contribution in [1.29, 1.82) is 0 Å². The molecular formula is C19H21N3O3S2. The van der Waals surface area contributed by atoms with Gasteiger partial charge in [0.15, 0.2) is 0 Å². The number of rotatable bonds is 6. The third-order valence-electron chi connectivity index (χ3n) is 4.75. The number of sulfonamides is 1. The van der Waals surface area contributed by atoms with E-state index in [-0.39, 0.29) is 10.9 Å². The summed E-state index contributed by atoms with van der Waals surface area (Å²) in [6.45, 7) is 3.18. The van der Waals surface area contributed by atoms with Gasteiger partial charge in [0, 0.05) is 25.7 Å². The Morgan fingerprint density at radius 3 is 2.67 bits per heavy atom. The molecule has 1 fully saturated rings. The summed E-state index contributed by atoms with van der Waals surface area (Å²) in [5, 5.41) is 0. The van der Waals surface area contributed by atoms with Crippen LogP contribution in [0.4, 0.5) is 0 Å². The number of hydrogen-bond donors (Lipinski definition) is 1. The Hall–Kier alpha value is -1.84. The molecule has 1 aliphatic rings. The number of benzene rings is 2. The van der Waals surface area contributed by atoms with Gasteiger partial charge in [0.05, 0.1) is 23.4 Å². The van der Waals surface area contributed by atoms with Gasteiger partial charge in [-0.1, -0.05) is 36.4 Å². The van der Waals surface area contributed by atoms with Crippen LogP contribution in [0.5, 0.6) is 0 Å². The van der Waals surface area contributed by atoms with Crippen LogP contribution >= 0.6 is 11.3 Å². The van der Waals surface area contributed by atoms with Crippen LogP contribution in [0.3, 0.4) is 0 Å². The third kappa shape index (κ3) is 4.04. The second kappa shape index (κ2) is 8.04. The minimum absolute atomic E-state index is 0.0421. The van der Waals surface area contributed by atoms with Crippen LogP contribution in [0.1, 0.15) is 11.6 Å². The lowest BCUT2D eigenvalue weighted by atomic mass is 10.1. The van der Waals surface area contributed by atoms with E-state index in [1.807, 2.05) is 36.4 Å². The fourth-order valence-corrected chi connectivity index (χ4v) is 5.34. The normalized spacial score (nSPS) is 17.2. The smallest absolute Gasteiger partial charge is 0.242 e. The second-order valence-electron chi connectivity index (χ2n) is 6.38. The van der Waals surface area contributed by atoms with Crippen molar-refractivity contribution in [3.8, 4) is 0 Å². The van der Waals surface area contributed by atoms with Gasteiger partial charge >= 0.3 is 0 Å². The Labute approximate surface area is 162 Å². The van der Waals surface area contributed by atoms with E-state index in [1.165, 1.54) is 11.3 Å². The van der Waals surface area contributed by atoms with Crippen LogP contribution in [0.15, 0.2) is 58.9 Å².